The van der Waals surface area contributed by atoms with E-state index in [1.54, 1.807) is 11.3 Å². The van der Waals surface area contributed by atoms with Crippen molar-refractivity contribution in [2.75, 3.05) is 6.54 Å². The Morgan fingerprint density at radius 3 is 2.47 bits per heavy atom. The van der Waals surface area contributed by atoms with Gasteiger partial charge < -0.3 is 5.32 Å². The number of aromatic nitrogens is 1. The molecule has 0 radical (unpaired) electrons. The third-order valence-electron chi connectivity index (χ3n) is 2.99. The molecule has 2 heterocycles. The average molecular weight is 339 g/mol. The molecule has 1 unspecified atom stereocenters. The summed E-state index contributed by atoms with van der Waals surface area (Å²) >= 11 is 5.38. The summed E-state index contributed by atoms with van der Waals surface area (Å²) in [7, 11) is 0. The summed E-state index contributed by atoms with van der Waals surface area (Å²) in [5, 5.41) is 7.98. The van der Waals surface area contributed by atoms with Gasteiger partial charge in [-0.05, 0) is 71.4 Å². The zero-order valence-electron chi connectivity index (χ0n) is 11.5. The molecule has 0 spiro atoms. The minimum absolute atomic E-state index is 0.237. The van der Waals surface area contributed by atoms with Crippen LogP contribution in [0.1, 0.15) is 41.9 Å². The Kier molecular flexibility index (Phi) is 5.13. The number of pyridine rings is 1. The maximum atomic E-state index is 4.46. The molecule has 2 rings (SSSR count). The largest absolute Gasteiger partial charge is 0.306 e. The molecule has 2 aromatic rings. The molecule has 0 saturated heterocycles. The average Bonchev–Trinajstić information content (AvgIpc) is 2.75. The molecule has 1 atom stereocenters. The zero-order chi connectivity index (χ0) is 13.8. The van der Waals surface area contributed by atoms with E-state index < -0.39 is 0 Å². The Balaban J connectivity index is 2.39. The van der Waals surface area contributed by atoms with Crippen molar-refractivity contribution in [2.45, 2.75) is 33.2 Å². The minimum atomic E-state index is 0.237. The van der Waals surface area contributed by atoms with Crippen molar-refractivity contribution >= 4 is 27.3 Å². The Morgan fingerprint density at radius 1 is 1.26 bits per heavy atom. The summed E-state index contributed by atoms with van der Waals surface area (Å²) in [6.45, 7) is 7.30. The van der Waals surface area contributed by atoms with Crippen molar-refractivity contribution in [1.29, 1.82) is 0 Å². The third kappa shape index (κ3) is 3.65. The smallest absolute Gasteiger partial charge is 0.0597 e. The normalized spacial score (nSPS) is 12.6. The first-order valence-corrected chi connectivity index (χ1v) is 8.25. The van der Waals surface area contributed by atoms with Crippen LogP contribution in [0.5, 0.6) is 0 Å². The van der Waals surface area contributed by atoms with Gasteiger partial charge in [0.05, 0.1) is 6.04 Å². The van der Waals surface area contributed by atoms with Crippen LogP contribution in [0.3, 0.4) is 0 Å². The lowest BCUT2D eigenvalue weighted by molar-refractivity contribution is 0.597. The van der Waals surface area contributed by atoms with Crippen LogP contribution in [0.25, 0.3) is 0 Å². The number of nitrogens with one attached hydrogen (secondary N) is 1. The van der Waals surface area contributed by atoms with Crippen molar-refractivity contribution < 1.29 is 0 Å². The van der Waals surface area contributed by atoms with E-state index in [0.29, 0.717) is 0 Å². The van der Waals surface area contributed by atoms with Gasteiger partial charge in [0.25, 0.3) is 0 Å². The molecule has 0 aromatic carbocycles. The van der Waals surface area contributed by atoms with Crippen LogP contribution in [0, 0.1) is 13.8 Å². The van der Waals surface area contributed by atoms with Crippen LogP contribution in [0.2, 0.25) is 0 Å². The van der Waals surface area contributed by atoms with Crippen molar-refractivity contribution in [3.8, 4) is 0 Å². The Hall–Kier alpha value is -0.710. The van der Waals surface area contributed by atoms with Gasteiger partial charge in [-0.2, -0.15) is 11.3 Å². The van der Waals surface area contributed by atoms with Crippen LogP contribution < -0.4 is 5.32 Å². The van der Waals surface area contributed by atoms with Crippen molar-refractivity contribution in [2.24, 2.45) is 0 Å². The second-order valence-corrected chi connectivity index (χ2v) is 6.34. The van der Waals surface area contributed by atoms with Gasteiger partial charge in [0, 0.05) is 21.2 Å². The first-order valence-electron chi connectivity index (χ1n) is 6.52. The van der Waals surface area contributed by atoms with E-state index in [4.69, 9.17) is 0 Å². The quantitative estimate of drug-likeness (QED) is 0.860. The second-order valence-electron chi connectivity index (χ2n) is 4.75. The van der Waals surface area contributed by atoms with Crippen LogP contribution in [-0.4, -0.2) is 11.5 Å². The highest BCUT2D eigenvalue weighted by molar-refractivity contribution is 9.10. The number of aryl methyl sites for hydroxylation is 2. The summed E-state index contributed by atoms with van der Waals surface area (Å²) in [5.41, 5.74) is 4.75. The molecule has 0 bridgehead atoms. The SMILES string of the molecule is CCCNC(c1cc(C)nc(C)c1)c1cscc1Br. The highest BCUT2D eigenvalue weighted by Gasteiger charge is 2.17. The molecular weight excluding hydrogens is 320 g/mol. The number of rotatable bonds is 5. The molecule has 4 heteroatoms. The summed E-state index contributed by atoms with van der Waals surface area (Å²) in [6, 6.07) is 4.58. The topological polar surface area (TPSA) is 24.9 Å². The van der Waals surface area contributed by atoms with E-state index in [1.165, 1.54) is 15.6 Å². The van der Waals surface area contributed by atoms with Gasteiger partial charge in [-0.3, -0.25) is 4.98 Å². The van der Waals surface area contributed by atoms with Crippen LogP contribution in [-0.2, 0) is 0 Å². The number of nitrogens with zero attached hydrogens (tertiary/aromatic N) is 1. The molecule has 0 fully saturated rings. The van der Waals surface area contributed by atoms with Crippen LogP contribution in [0.4, 0.5) is 0 Å². The highest BCUT2D eigenvalue weighted by atomic mass is 79.9. The molecule has 0 aliphatic rings. The standard InChI is InChI=1S/C15H19BrN2S/c1-4-5-17-15(13-8-19-9-14(13)16)12-6-10(2)18-11(3)7-12/h6-9,15,17H,4-5H2,1-3H3. The monoisotopic (exact) mass is 338 g/mol. The number of thiophene rings is 1. The van der Waals surface area contributed by atoms with Gasteiger partial charge in [0.1, 0.15) is 0 Å². The fraction of sp³-hybridized carbons (Fsp3) is 0.400. The van der Waals surface area contributed by atoms with Gasteiger partial charge in [-0.1, -0.05) is 6.92 Å². The van der Waals surface area contributed by atoms with Gasteiger partial charge in [0.15, 0.2) is 0 Å². The molecule has 2 aromatic heterocycles. The molecule has 0 amide bonds. The number of halogens is 1. The first kappa shape index (κ1) is 14.7. The van der Waals surface area contributed by atoms with Crippen LogP contribution in [0.15, 0.2) is 27.4 Å². The highest BCUT2D eigenvalue weighted by Crippen LogP contribution is 2.32. The predicted molar refractivity (Wildman–Crippen MR) is 85.9 cm³/mol. The fourth-order valence-corrected chi connectivity index (χ4v) is 3.78. The molecule has 2 nitrogen and oxygen atoms in total. The number of hydrogen-bond acceptors (Lipinski definition) is 3. The van der Waals surface area contributed by atoms with Crippen molar-refractivity contribution in [3.05, 3.63) is 49.9 Å². The fourth-order valence-electron chi connectivity index (χ4n) is 2.23. The Morgan fingerprint density at radius 2 is 1.95 bits per heavy atom. The lowest BCUT2D eigenvalue weighted by atomic mass is 10.0. The van der Waals surface area contributed by atoms with E-state index in [1.807, 2.05) is 0 Å². The third-order valence-corrected chi connectivity index (χ3v) is 4.74. The summed E-state index contributed by atoms with van der Waals surface area (Å²) < 4.78 is 1.18. The summed E-state index contributed by atoms with van der Waals surface area (Å²) in [5.74, 6) is 0. The van der Waals surface area contributed by atoms with Crippen molar-refractivity contribution in [1.82, 2.24) is 10.3 Å². The molecule has 0 saturated carbocycles. The van der Waals surface area contributed by atoms with E-state index in [2.05, 4.69) is 69.9 Å². The predicted octanol–water partition coefficient (Wildman–Crippen LogP) is 4.61. The minimum Gasteiger partial charge on any atom is -0.306 e. The number of hydrogen-bond donors (Lipinski definition) is 1. The lowest BCUT2D eigenvalue weighted by Crippen LogP contribution is -2.23. The molecular formula is C15H19BrN2S. The lowest BCUT2D eigenvalue weighted by Gasteiger charge is -2.20. The molecule has 0 aliphatic carbocycles. The molecule has 1 N–H and O–H groups in total. The Labute approximate surface area is 127 Å². The maximum absolute atomic E-state index is 4.46. The molecule has 19 heavy (non-hydrogen) atoms. The van der Waals surface area contributed by atoms with E-state index in [9.17, 15) is 0 Å². The van der Waals surface area contributed by atoms with Crippen LogP contribution >= 0.6 is 27.3 Å². The Bertz CT molecular complexity index is 531. The first-order chi connectivity index (χ1) is 9.11. The van der Waals surface area contributed by atoms with Gasteiger partial charge in [0.2, 0.25) is 0 Å². The zero-order valence-corrected chi connectivity index (χ0v) is 13.9. The van der Waals surface area contributed by atoms with E-state index in [-0.39, 0.29) is 6.04 Å². The second kappa shape index (κ2) is 6.64. The van der Waals surface area contributed by atoms with Gasteiger partial charge in [-0.15, -0.1) is 0 Å². The van der Waals surface area contributed by atoms with E-state index in [0.717, 1.165) is 24.4 Å². The molecule has 0 aliphatic heterocycles. The van der Waals surface area contributed by atoms with Gasteiger partial charge in [-0.25, -0.2) is 0 Å². The summed E-state index contributed by atoms with van der Waals surface area (Å²) in [4.78, 5) is 4.46. The van der Waals surface area contributed by atoms with E-state index >= 15 is 0 Å². The molecule has 102 valence electrons. The summed E-state index contributed by atoms with van der Waals surface area (Å²) in [6.07, 6.45) is 1.13. The van der Waals surface area contributed by atoms with Gasteiger partial charge >= 0.3 is 0 Å². The van der Waals surface area contributed by atoms with Crippen molar-refractivity contribution in [3.63, 3.8) is 0 Å². The maximum Gasteiger partial charge on any atom is 0.0597 e.